The van der Waals surface area contributed by atoms with Gasteiger partial charge in [0.05, 0.1) is 6.10 Å². The van der Waals surface area contributed by atoms with Crippen molar-refractivity contribution >= 4 is 17.5 Å². The monoisotopic (exact) mass is 290 g/mol. The summed E-state index contributed by atoms with van der Waals surface area (Å²) in [6, 6.07) is 6.48. The Bertz CT molecular complexity index is 499. The second-order valence-corrected chi connectivity index (χ2v) is 5.58. The number of amides is 2. The van der Waals surface area contributed by atoms with E-state index in [2.05, 4.69) is 10.6 Å². The Hall–Kier alpha value is -1.88. The van der Waals surface area contributed by atoms with Crippen LogP contribution in [0.1, 0.15) is 43.0 Å². The van der Waals surface area contributed by atoms with Gasteiger partial charge in [0, 0.05) is 23.7 Å². The van der Waals surface area contributed by atoms with Crippen LogP contribution in [0.4, 0.5) is 10.5 Å². The van der Waals surface area contributed by atoms with Gasteiger partial charge in [0.25, 0.3) is 0 Å². The van der Waals surface area contributed by atoms with E-state index >= 15 is 0 Å². The fourth-order valence-electron chi connectivity index (χ4n) is 2.61. The topological polar surface area (TPSA) is 78.4 Å². The number of rotatable bonds is 4. The van der Waals surface area contributed by atoms with E-state index in [1.54, 1.807) is 24.3 Å². The molecular formula is C16H22N2O3. The molecule has 1 saturated carbocycles. The molecule has 1 aromatic rings. The molecular weight excluding hydrogens is 268 g/mol. The first-order valence-corrected chi connectivity index (χ1v) is 7.40. The Morgan fingerprint density at radius 2 is 1.86 bits per heavy atom. The zero-order valence-electron chi connectivity index (χ0n) is 12.3. The van der Waals surface area contributed by atoms with Crippen molar-refractivity contribution in [2.24, 2.45) is 5.92 Å². The summed E-state index contributed by atoms with van der Waals surface area (Å²) in [6.45, 7) is 1.99. The van der Waals surface area contributed by atoms with Crippen molar-refractivity contribution in [3.05, 3.63) is 29.8 Å². The summed E-state index contributed by atoms with van der Waals surface area (Å²) < 4.78 is 0. The summed E-state index contributed by atoms with van der Waals surface area (Å²) in [4.78, 5) is 23.0. The van der Waals surface area contributed by atoms with Crippen LogP contribution in [0.15, 0.2) is 24.3 Å². The molecule has 21 heavy (non-hydrogen) atoms. The van der Waals surface area contributed by atoms with E-state index in [1.807, 2.05) is 0 Å². The lowest BCUT2D eigenvalue weighted by molar-refractivity contribution is 0.0711. The van der Waals surface area contributed by atoms with Gasteiger partial charge in [-0.25, -0.2) is 4.79 Å². The number of carbonyl (C=O) groups excluding carboxylic acids is 2. The summed E-state index contributed by atoms with van der Waals surface area (Å²) in [7, 11) is 0. The normalized spacial score (nSPS) is 21.6. The van der Waals surface area contributed by atoms with Crippen LogP contribution in [0.2, 0.25) is 0 Å². The fraction of sp³-hybridized carbons (Fsp3) is 0.500. The third kappa shape index (κ3) is 4.56. The Morgan fingerprint density at radius 1 is 1.19 bits per heavy atom. The van der Waals surface area contributed by atoms with Crippen molar-refractivity contribution in [3.63, 3.8) is 0 Å². The molecule has 3 N–H and O–H groups in total. The predicted octanol–water partition coefficient (Wildman–Crippen LogP) is 2.56. The zero-order chi connectivity index (χ0) is 15.2. The highest BCUT2D eigenvalue weighted by Crippen LogP contribution is 2.23. The van der Waals surface area contributed by atoms with E-state index in [0.717, 1.165) is 25.7 Å². The maximum Gasteiger partial charge on any atom is 0.319 e. The first kappa shape index (κ1) is 15.5. The van der Waals surface area contributed by atoms with Crippen molar-refractivity contribution in [1.29, 1.82) is 0 Å². The molecule has 0 aliphatic heterocycles. The average molecular weight is 290 g/mol. The number of aliphatic hydroxyl groups is 1. The van der Waals surface area contributed by atoms with Gasteiger partial charge >= 0.3 is 6.03 Å². The number of benzene rings is 1. The van der Waals surface area contributed by atoms with Crippen molar-refractivity contribution in [3.8, 4) is 0 Å². The molecule has 0 aromatic heterocycles. The Kier molecular flexibility index (Phi) is 5.33. The van der Waals surface area contributed by atoms with Crippen LogP contribution >= 0.6 is 0 Å². The highest BCUT2D eigenvalue weighted by Gasteiger charge is 2.23. The third-order valence-corrected chi connectivity index (χ3v) is 3.94. The van der Waals surface area contributed by atoms with Crippen LogP contribution in [0, 0.1) is 5.92 Å². The summed E-state index contributed by atoms with van der Waals surface area (Å²) >= 11 is 0. The van der Waals surface area contributed by atoms with Crippen molar-refractivity contribution in [2.75, 3.05) is 11.9 Å². The fourth-order valence-corrected chi connectivity index (χ4v) is 2.61. The number of aliphatic hydroxyl groups excluding tert-OH is 1. The number of Topliss-reactive ketones (excluding diaryl/α,β-unsaturated/α-hetero) is 1. The van der Waals surface area contributed by atoms with E-state index in [0.29, 0.717) is 17.8 Å². The molecule has 1 aliphatic rings. The molecule has 114 valence electrons. The zero-order valence-corrected chi connectivity index (χ0v) is 12.3. The molecule has 2 rings (SSSR count). The summed E-state index contributed by atoms with van der Waals surface area (Å²) in [5.74, 6) is 0.141. The third-order valence-electron chi connectivity index (χ3n) is 3.94. The maximum atomic E-state index is 11.8. The molecule has 5 heteroatoms. The van der Waals surface area contributed by atoms with Crippen LogP contribution in [0.3, 0.4) is 0 Å². The number of ketones is 1. The number of hydrogen-bond donors (Lipinski definition) is 3. The van der Waals surface area contributed by atoms with Crippen LogP contribution in [-0.2, 0) is 0 Å². The van der Waals surface area contributed by atoms with Gasteiger partial charge in [-0.05, 0) is 44.0 Å². The van der Waals surface area contributed by atoms with Gasteiger partial charge in [-0.2, -0.15) is 0 Å². The van der Waals surface area contributed by atoms with Gasteiger partial charge in [-0.3, -0.25) is 4.79 Å². The van der Waals surface area contributed by atoms with Gasteiger partial charge in [-0.15, -0.1) is 0 Å². The highest BCUT2D eigenvalue weighted by atomic mass is 16.3. The van der Waals surface area contributed by atoms with E-state index in [-0.39, 0.29) is 23.8 Å². The van der Waals surface area contributed by atoms with Crippen LogP contribution < -0.4 is 10.6 Å². The smallest absolute Gasteiger partial charge is 0.319 e. The van der Waals surface area contributed by atoms with Crippen LogP contribution in [0.25, 0.3) is 0 Å². The second-order valence-electron chi connectivity index (χ2n) is 5.58. The summed E-state index contributed by atoms with van der Waals surface area (Å²) in [6.07, 6.45) is 3.63. The molecule has 2 amide bonds. The molecule has 2 unspecified atom stereocenters. The molecule has 0 spiro atoms. The number of carbonyl (C=O) groups is 2. The molecule has 0 heterocycles. The molecule has 5 nitrogen and oxygen atoms in total. The standard InChI is InChI=1S/C16H22N2O3/c1-11(19)12-6-8-14(9-7-12)18-16(21)17-10-13-4-2-3-5-15(13)20/h6-9,13,15,20H,2-5,10H2,1H3,(H2,17,18,21). The molecule has 1 aliphatic carbocycles. The Morgan fingerprint density at radius 3 is 2.48 bits per heavy atom. The SMILES string of the molecule is CC(=O)c1ccc(NC(=O)NCC2CCCCC2O)cc1. The van der Waals surface area contributed by atoms with Crippen molar-refractivity contribution < 1.29 is 14.7 Å². The van der Waals surface area contributed by atoms with Gasteiger partial charge in [0.1, 0.15) is 0 Å². The highest BCUT2D eigenvalue weighted by molar-refractivity contribution is 5.95. The number of anilines is 1. The van der Waals surface area contributed by atoms with Crippen LogP contribution in [0.5, 0.6) is 0 Å². The first-order valence-electron chi connectivity index (χ1n) is 7.40. The van der Waals surface area contributed by atoms with E-state index in [1.165, 1.54) is 6.92 Å². The number of urea groups is 1. The Labute approximate surface area is 124 Å². The van der Waals surface area contributed by atoms with Gasteiger partial charge < -0.3 is 15.7 Å². The van der Waals surface area contributed by atoms with E-state index < -0.39 is 0 Å². The lowest BCUT2D eigenvalue weighted by Gasteiger charge is -2.27. The number of nitrogens with one attached hydrogen (secondary N) is 2. The maximum absolute atomic E-state index is 11.8. The number of hydrogen-bond acceptors (Lipinski definition) is 3. The lowest BCUT2D eigenvalue weighted by atomic mass is 9.86. The second kappa shape index (κ2) is 7.22. The minimum atomic E-state index is -0.311. The minimum Gasteiger partial charge on any atom is -0.393 e. The molecule has 0 bridgehead atoms. The van der Waals surface area contributed by atoms with E-state index in [9.17, 15) is 14.7 Å². The minimum absolute atomic E-state index is 0.00251. The molecule has 1 aromatic carbocycles. The largest absolute Gasteiger partial charge is 0.393 e. The molecule has 1 fully saturated rings. The van der Waals surface area contributed by atoms with Crippen molar-refractivity contribution in [2.45, 2.75) is 38.7 Å². The summed E-state index contributed by atoms with van der Waals surface area (Å²) in [5, 5.41) is 15.4. The van der Waals surface area contributed by atoms with E-state index in [4.69, 9.17) is 0 Å². The van der Waals surface area contributed by atoms with Crippen molar-refractivity contribution in [1.82, 2.24) is 5.32 Å². The Balaban J connectivity index is 1.80. The molecule has 2 atom stereocenters. The first-order chi connectivity index (χ1) is 10.1. The molecule has 0 radical (unpaired) electrons. The summed E-state index contributed by atoms with van der Waals surface area (Å²) in [5.41, 5.74) is 1.26. The molecule has 0 saturated heterocycles. The average Bonchev–Trinajstić information content (AvgIpc) is 2.47. The van der Waals surface area contributed by atoms with Gasteiger partial charge in [0.2, 0.25) is 0 Å². The predicted molar refractivity (Wildman–Crippen MR) is 81.4 cm³/mol. The quantitative estimate of drug-likeness (QED) is 0.746. The van der Waals surface area contributed by atoms with Crippen LogP contribution in [-0.4, -0.2) is 29.6 Å². The lowest BCUT2D eigenvalue weighted by Crippen LogP contribution is -2.38. The van der Waals surface area contributed by atoms with Gasteiger partial charge in [-0.1, -0.05) is 12.8 Å². The van der Waals surface area contributed by atoms with Gasteiger partial charge in [0.15, 0.2) is 5.78 Å².